The normalized spacial score (nSPS) is 16.0. The number of nitrogens with zero attached hydrogens (tertiary/aromatic N) is 1. The minimum absolute atomic E-state index is 0.173. The Labute approximate surface area is 164 Å². The summed E-state index contributed by atoms with van der Waals surface area (Å²) in [5, 5.41) is 2.85. The highest BCUT2D eigenvalue weighted by Crippen LogP contribution is 2.38. The van der Waals surface area contributed by atoms with E-state index in [0.717, 1.165) is 11.3 Å². The number of benzene rings is 2. The first-order valence-electron chi connectivity index (χ1n) is 9.02. The van der Waals surface area contributed by atoms with Crippen LogP contribution < -0.4 is 24.4 Å². The Morgan fingerprint density at radius 1 is 1.07 bits per heavy atom. The highest BCUT2D eigenvalue weighted by Gasteiger charge is 2.37. The van der Waals surface area contributed by atoms with Gasteiger partial charge in [0, 0.05) is 18.8 Å². The Kier molecular flexibility index (Phi) is 6.03. The zero-order valence-electron chi connectivity index (χ0n) is 16.2. The van der Waals surface area contributed by atoms with Crippen LogP contribution in [0.4, 0.5) is 5.69 Å². The van der Waals surface area contributed by atoms with E-state index >= 15 is 0 Å². The van der Waals surface area contributed by atoms with Gasteiger partial charge >= 0.3 is 0 Å². The molecule has 2 aromatic rings. The maximum Gasteiger partial charge on any atom is 0.239 e. The maximum absolute atomic E-state index is 12.7. The van der Waals surface area contributed by atoms with E-state index in [0.29, 0.717) is 30.2 Å². The fourth-order valence-corrected chi connectivity index (χ4v) is 3.34. The molecule has 0 spiro atoms. The Bertz CT molecular complexity index is 828. The molecule has 7 nitrogen and oxygen atoms in total. The number of rotatable bonds is 7. The van der Waals surface area contributed by atoms with E-state index in [1.807, 2.05) is 30.3 Å². The Balaban J connectivity index is 1.67. The Hall–Kier alpha value is -3.22. The van der Waals surface area contributed by atoms with Crippen LogP contribution in [0, 0.1) is 5.92 Å². The van der Waals surface area contributed by atoms with E-state index in [1.54, 1.807) is 17.0 Å². The number of para-hydroxylation sites is 1. The predicted molar refractivity (Wildman–Crippen MR) is 105 cm³/mol. The highest BCUT2D eigenvalue weighted by molar-refractivity contribution is 6.09. The van der Waals surface area contributed by atoms with Crippen LogP contribution in [0.2, 0.25) is 0 Å². The van der Waals surface area contributed by atoms with Gasteiger partial charge in [0.2, 0.25) is 17.6 Å². The lowest BCUT2D eigenvalue weighted by molar-refractivity contribution is -0.132. The standard InChI is InChI=1S/C21H24N2O5/c1-26-17-11-14(12-18(27-2)19(17)28-3)13-22-20(24)16-9-10-23(21(16)25)15-7-5-4-6-8-15/h4-8,11-12,16H,9-10,13H2,1-3H3,(H,22,24)/t16-/m0/s1. The zero-order valence-corrected chi connectivity index (χ0v) is 16.2. The van der Waals surface area contributed by atoms with Crippen LogP contribution >= 0.6 is 0 Å². The summed E-state index contributed by atoms with van der Waals surface area (Å²) in [6.45, 7) is 0.787. The molecule has 28 heavy (non-hydrogen) atoms. The summed E-state index contributed by atoms with van der Waals surface area (Å²) >= 11 is 0. The van der Waals surface area contributed by atoms with Crippen molar-refractivity contribution in [1.29, 1.82) is 0 Å². The molecule has 7 heteroatoms. The van der Waals surface area contributed by atoms with Gasteiger partial charge in [-0.3, -0.25) is 9.59 Å². The molecular formula is C21H24N2O5. The van der Waals surface area contributed by atoms with Crippen molar-refractivity contribution in [3.8, 4) is 17.2 Å². The van der Waals surface area contributed by atoms with Gasteiger partial charge in [-0.1, -0.05) is 18.2 Å². The van der Waals surface area contributed by atoms with Gasteiger partial charge in [0.05, 0.1) is 21.3 Å². The number of hydrogen-bond donors (Lipinski definition) is 1. The number of carbonyl (C=O) groups is 2. The van der Waals surface area contributed by atoms with Gasteiger partial charge in [-0.15, -0.1) is 0 Å². The number of methoxy groups -OCH3 is 3. The molecule has 1 heterocycles. The molecule has 1 saturated heterocycles. The number of amides is 2. The molecule has 3 rings (SSSR count). The first kappa shape index (κ1) is 19.5. The molecule has 1 fully saturated rings. The first-order valence-corrected chi connectivity index (χ1v) is 9.02. The molecule has 0 radical (unpaired) electrons. The summed E-state index contributed by atoms with van der Waals surface area (Å²) in [6.07, 6.45) is 0.495. The lowest BCUT2D eigenvalue weighted by atomic mass is 10.1. The van der Waals surface area contributed by atoms with Crippen molar-refractivity contribution in [2.45, 2.75) is 13.0 Å². The van der Waals surface area contributed by atoms with Crippen LogP contribution in [-0.2, 0) is 16.1 Å². The monoisotopic (exact) mass is 384 g/mol. The lowest BCUT2D eigenvalue weighted by Crippen LogP contribution is -2.36. The smallest absolute Gasteiger partial charge is 0.239 e. The molecule has 0 saturated carbocycles. The second-order valence-electron chi connectivity index (χ2n) is 6.42. The van der Waals surface area contributed by atoms with E-state index < -0.39 is 5.92 Å². The number of anilines is 1. The summed E-state index contributed by atoms with van der Waals surface area (Å²) in [6, 6.07) is 12.9. The molecular weight excluding hydrogens is 360 g/mol. The van der Waals surface area contributed by atoms with E-state index in [2.05, 4.69) is 5.32 Å². The zero-order chi connectivity index (χ0) is 20.1. The van der Waals surface area contributed by atoms with E-state index in [9.17, 15) is 9.59 Å². The summed E-state index contributed by atoms with van der Waals surface area (Å²) in [7, 11) is 4.61. The summed E-state index contributed by atoms with van der Waals surface area (Å²) in [5.74, 6) is 0.383. The molecule has 1 aliphatic heterocycles. The average Bonchev–Trinajstić information content (AvgIpc) is 3.13. The van der Waals surface area contributed by atoms with Crippen LogP contribution in [-0.4, -0.2) is 39.7 Å². The average molecular weight is 384 g/mol. The van der Waals surface area contributed by atoms with Gasteiger partial charge in [-0.2, -0.15) is 0 Å². The molecule has 1 atom stereocenters. The van der Waals surface area contributed by atoms with Crippen LogP contribution in [0.3, 0.4) is 0 Å². The topological polar surface area (TPSA) is 77.1 Å². The molecule has 0 aromatic heterocycles. The van der Waals surface area contributed by atoms with Crippen molar-refractivity contribution in [2.24, 2.45) is 5.92 Å². The van der Waals surface area contributed by atoms with Crippen LogP contribution in [0.25, 0.3) is 0 Å². The second-order valence-corrected chi connectivity index (χ2v) is 6.42. The fraction of sp³-hybridized carbons (Fsp3) is 0.333. The van der Waals surface area contributed by atoms with E-state index in [-0.39, 0.29) is 18.4 Å². The van der Waals surface area contributed by atoms with Gasteiger partial charge in [0.25, 0.3) is 0 Å². The molecule has 148 valence electrons. The Morgan fingerprint density at radius 3 is 2.29 bits per heavy atom. The third-order valence-electron chi connectivity index (χ3n) is 4.78. The molecule has 2 aromatic carbocycles. The van der Waals surface area contributed by atoms with Crippen molar-refractivity contribution in [3.05, 3.63) is 48.0 Å². The SMILES string of the molecule is COc1cc(CNC(=O)[C@@H]2CCN(c3ccccc3)C2=O)cc(OC)c1OC. The van der Waals surface area contributed by atoms with Crippen molar-refractivity contribution >= 4 is 17.5 Å². The first-order chi connectivity index (χ1) is 13.6. The molecule has 0 unspecified atom stereocenters. The van der Waals surface area contributed by atoms with Gasteiger partial charge < -0.3 is 24.4 Å². The minimum atomic E-state index is -0.678. The fourth-order valence-electron chi connectivity index (χ4n) is 3.34. The Morgan fingerprint density at radius 2 is 1.71 bits per heavy atom. The number of hydrogen-bond acceptors (Lipinski definition) is 5. The number of nitrogens with one attached hydrogen (secondary N) is 1. The molecule has 1 aliphatic rings. The predicted octanol–water partition coefficient (Wildman–Crippen LogP) is 2.38. The summed E-state index contributed by atoms with van der Waals surface area (Å²) in [5.41, 5.74) is 1.60. The van der Waals surface area contributed by atoms with Crippen molar-refractivity contribution < 1.29 is 23.8 Å². The van der Waals surface area contributed by atoms with Crippen molar-refractivity contribution in [3.63, 3.8) is 0 Å². The van der Waals surface area contributed by atoms with Crippen LogP contribution in [0.1, 0.15) is 12.0 Å². The van der Waals surface area contributed by atoms with E-state index in [1.165, 1.54) is 21.3 Å². The van der Waals surface area contributed by atoms with Gasteiger partial charge in [0.15, 0.2) is 11.5 Å². The molecule has 0 aliphatic carbocycles. The largest absolute Gasteiger partial charge is 0.493 e. The van der Waals surface area contributed by atoms with Gasteiger partial charge in [-0.05, 0) is 36.2 Å². The van der Waals surface area contributed by atoms with Gasteiger partial charge in [-0.25, -0.2) is 0 Å². The molecule has 2 amide bonds. The maximum atomic E-state index is 12.7. The second kappa shape index (κ2) is 8.65. The molecule has 0 bridgehead atoms. The number of carbonyl (C=O) groups excluding carboxylic acids is 2. The van der Waals surface area contributed by atoms with Crippen LogP contribution in [0.5, 0.6) is 17.2 Å². The third-order valence-corrected chi connectivity index (χ3v) is 4.78. The van der Waals surface area contributed by atoms with Gasteiger partial charge in [0.1, 0.15) is 5.92 Å². The summed E-state index contributed by atoms with van der Waals surface area (Å²) < 4.78 is 16.0. The lowest BCUT2D eigenvalue weighted by Gasteiger charge is -2.17. The van der Waals surface area contributed by atoms with Crippen molar-refractivity contribution in [2.75, 3.05) is 32.8 Å². The molecule has 1 N–H and O–H groups in total. The minimum Gasteiger partial charge on any atom is -0.493 e. The quantitative estimate of drug-likeness (QED) is 0.742. The summed E-state index contributed by atoms with van der Waals surface area (Å²) in [4.78, 5) is 26.9. The van der Waals surface area contributed by atoms with E-state index in [4.69, 9.17) is 14.2 Å². The number of ether oxygens (including phenoxy) is 3. The van der Waals surface area contributed by atoms with Crippen LogP contribution in [0.15, 0.2) is 42.5 Å². The van der Waals surface area contributed by atoms with Crippen molar-refractivity contribution in [1.82, 2.24) is 5.32 Å². The third kappa shape index (κ3) is 3.88. The highest BCUT2D eigenvalue weighted by atomic mass is 16.5.